The fourth-order valence-electron chi connectivity index (χ4n) is 8.80. The fourth-order valence-corrected chi connectivity index (χ4v) is 8.98. The first-order valence-corrected chi connectivity index (χ1v) is 17.5. The minimum absolute atomic E-state index is 0.0368. The highest BCUT2D eigenvalue weighted by atomic mass is 35.5. The smallest absolute Gasteiger partial charge is 0.301 e. The monoisotopic (exact) mass is 773 g/mol. The zero-order valence-corrected chi connectivity index (χ0v) is 30.5. The van der Waals surface area contributed by atoms with Crippen molar-refractivity contribution in [2.24, 2.45) is 35.0 Å². The normalized spacial score (nSPS) is 25.9. The molecule has 3 fully saturated rings. The summed E-state index contributed by atoms with van der Waals surface area (Å²) in [5.41, 5.74) is -2.19. The standard InChI is InChI=1S/C38H33ClFN5O10/c1-38-24(10-5-18-6-12-30(46)31(13-18)55-4)21-8-9-22-32(23(21)17-25(38)35(48)43(37(38)50)19-7-11-27(40)26(39)14-19)36(49)42(34(22)47)20-15-28(44(51)52)33(41(2)3)29(16-20)45(53)54/h5-8,10-16,22-25,32,46H,9,17H2,1-4H3/t22-,23+,24-,25-,32-,38-/m0/s1. The third kappa shape index (κ3) is 5.61. The van der Waals surface area contributed by atoms with Crippen molar-refractivity contribution in [1.29, 1.82) is 0 Å². The van der Waals surface area contributed by atoms with Crippen molar-refractivity contribution in [3.05, 3.63) is 103 Å². The summed E-state index contributed by atoms with van der Waals surface area (Å²) in [6, 6.07) is 10.0. The van der Waals surface area contributed by atoms with Crippen LogP contribution < -0.4 is 19.4 Å². The molecule has 7 rings (SSSR count). The van der Waals surface area contributed by atoms with Crippen molar-refractivity contribution >= 4 is 69.7 Å². The largest absolute Gasteiger partial charge is 0.504 e. The first kappa shape index (κ1) is 37.2. The fraction of sp³-hybridized carbons (Fsp3) is 0.316. The number of ether oxygens (including phenoxy) is 1. The summed E-state index contributed by atoms with van der Waals surface area (Å²) in [4.78, 5) is 83.0. The average molecular weight is 774 g/mol. The molecule has 17 heteroatoms. The van der Waals surface area contributed by atoms with Crippen molar-refractivity contribution in [1.82, 2.24) is 0 Å². The number of fused-ring (bicyclic) bond motifs is 4. The number of hydrogen-bond donors (Lipinski definition) is 1. The number of nitrogens with zero attached hydrogens (tertiary/aromatic N) is 5. The molecule has 2 aliphatic carbocycles. The van der Waals surface area contributed by atoms with E-state index in [1.54, 1.807) is 37.3 Å². The van der Waals surface area contributed by atoms with Crippen LogP contribution in [-0.4, -0.2) is 59.8 Å². The molecule has 3 aromatic rings. The Morgan fingerprint density at radius 2 is 1.62 bits per heavy atom. The minimum Gasteiger partial charge on any atom is -0.504 e. The summed E-state index contributed by atoms with van der Waals surface area (Å²) in [6.07, 6.45) is 5.20. The summed E-state index contributed by atoms with van der Waals surface area (Å²) in [5.74, 6) is -8.00. The molecule has 15 nitrogen and oxygen atoms in total. The van der Waals surface area contributed by atoms with Crippen LogP contribution in [0.25, 0.3) is 6.08 Å². The van der Waals surface area contributed by atoms with E-state index in [-0.39, 0.29) is 46.4 Å². The molecule has 0 bridgehead atoms. The number of amides is 4. The number of phenolic OH excluding ortho intramolecular Hbond substituents is 1. The van der Waals surface area contributed by atoms with Crippen LogP contribution in [0.1, 0.15) is 25.3 Å². The first-order valence-electron chi connectivity index (χ1n) is 17.1. The number of nitro benzene ring substituents is 2. The SMILES string of the molecule is COc1cc(C=C[C@H]2C3=CC[C@@H]4C(=O)N(c5cc([N+](=O)[O-])c(N(C)C)c([N+](=O)[O-])c5)C(=O)[C@@H]4[C@@H]3C[C@H]3C(=O)N(c4ccc(F)c(Cl)c4)C(=O)[C@@]23C)ccc1O. The molecular weight excluding hydrogens is 741 g/mol. The molecule has 4 amide bonds. The number of aromatic hydroxyl groups is 1. The summed E-state index contributed by atoms with van der Waals surface area (Å²) < 4.78 is 19.4. The Morgan fingerprint density at radius 3 is 2.22 bits per heavy atom. The summed E-state index contributed by atoms with van der Waals surface area (Å²) >= 11 is 6.07. The van der Waals surface area contributed by atoms with Gasteiger partial charge in [0.2, 0.25) is 23.6 Å². The Balaban J connectivity index is 1.34. The van der Waals surface area contributed by atoms with Gasteiger partial charge in [-0.05, 0) is 61.6 Å². The minimum atomic E-state index is -1.43. The zero-order chi connectivity index (χ0) is 39.8. The van der Waals surface area contributed by atoms with Crippen LogP contribution in [0.5, 0.6) is 11.5 Å². The first-order chi connectivity index (χ1) is 26.0. The third-order valence-corrected chi connectivity index (χ3v) is 11.6. The lowest BCUT2D eigenvalue weighted by molar-refractivity contribution is -0.392. The van der Waals surface area contributed by atoms with Crippen molar-refractivity contribution in [2.45, 2.75) is 19.8 Å². The number of phenols is 1. The molecule has 1 N–H and O–H groups in total. The van der Waals surface area contributed by atoms with Crippen molar-refractivity contribution in [2.75, 3.05) is 35.9 Å². The summed E-state index contributed by atoms with van der Waals surface area (Å²) in [7, 11) is 4.17. The topological polar surface area (TPSA) is 194 Å². The quantitative estimate of drug-likeness (QED) is 0.121. The molecule has 6 atom stereocenters. The van der Waals surface area contributed by atoms with Gasteiger partial charge < -0.3 is 14.7 Å². The summed E-state index contributed by atoms with van der Waals surface area (Å²) in [6.45, 7) is 1.65. The van der Waals surface area contributed by atoms with Crippen LogP contribution in [0.2, 0.25) is 5.02 Å². The number of methoxy groups -OCH3 is 1. The Kier molecular flexibility index (Phi) is 8.99. The van der Waals surface area contributed by atoms with E-state index >= 15 is 0 Å². The molecule has 0 unspecified atom stereocenters. The number of imide groups is 2. The van der Waals surface area contributed by atoms with E-state index < -0.39 is 85.7 Å². The Labute approximate surface area is 317 Å². The van der Waals surface area contributed by atoms with Gasteiger partial charge in [-0.3, -0.25) is 39.4 Å². The molecule has 2 aliphatic heterocycles. The molecule has 2 saturated heterocycles. The van der Waals surface area contributed by atoms with Gasteiger partial charge in [0.1, 0.15) is 5.82 Å². The van der Waals surface area contributed by atoms with Crippen LogP contribution >= 0.6 is 11.6 Å². The number of allylic oxidation sites excluding steroid dienone is 3. The van der Waals surface area contributed by atoms with E-state index in [0.29, 0.717) is 11.1 Å². The van der Waals surface area contributed by atoms with Gasteiger partial charge in [0, 0.05) is 32.1 Å². The van der Waals surface area contributed by atoms with Crippen LogP contribution in [-0.2, 0) is 19.2 Å². The Hall–Kier alpha value is -6.16. The van der Waals surface area contributed by atoms with E-state index in [0.717, 1.165) is 28.0 Å². The van der Waals surface area contributed by atoms with Gasteiger partial charge >= 0.3 is 11.4 Å². The molecule has 0 radical (unpaired) electrons. The van der Waals surface area contributed by atoms with Gasteiger partial charge in [-0.15, -0.1) is 0 Å². The number of rotatable bonds is 8. The van der Waals surface area contributed by atoms with Crippen LogP contribution in [0.4, 0.5) is 32.8 Å². The molecular formula is C38H33ClFN5O10. The lowest BCUT2D eigenvalue weighted by Gasteiger charge is -2.47. The van der Waals surface area contributed by atoms with Gasteiger partial charge in [0.25, 0.3) is 0 Å². The molecule has 0 spiro atoms. The Morgan fingerprint density at radius 1 is 0.945 bits per heavy atom. The number of nitro groups is 2. The maximum Gasteiger partial charge on any atom is 0.301 e. The number of benzene rings is 3. The van der Waals surface area contributed by atoms with Crippen LogP contribution in [0.15, 0.2) is 66.3 Å². The highest BCUT2D eigenvalue weighted by Crippen LogP contribution is 2.61. The van der Waals surface area contributed by atoms with Gasteiger partial charge in [-0.1, -0.05) is 41.5 Å². The van der Waals surface area contributed by atoms with E-state index in [4.69, 9.17) is 16.3 Å². The van der Waals surface area contributed by atoms with E-state index in [1.807, 2.05) is 0 Å². The van der Waals surface area contributed by atoms with Gasteiger partial charge in [0.05, 0.1) is 56.5 Å². The van der Waals surface area contributed by atoms with E-state index in [1.165, 1.54) is 44.3 Å². The average Bonchev–Trinajstić information content (AvgIpc) is 3.51. The highest BCUT2D eigenvalue weighted by Gasteiger charge is 2.67. The van der Waals surface area contributed by atoms with Crippen molar-refractivity contribution in [3.63, 3.8) is 0 Å². The van der Waals surface area contributed by atoms with E-state index in [9.17, 15) is 48.9 Å². The van der Waals surface area contributed by atoms with Gasteiger partial charge in [-0.2, -0.15) is 0 Å². The van der Waals surface area contributed by atoms with Crippen LogP contribution in [0.3, 0.4) is 0 Å². The lowest BCUT2D eigenvalue weighted by atomic mass is 9.52. The van der Waals surface area contributed by atoms with E-state index in [2.05, 4.69) is 0 Å². The Bertz CT molecular complexity index is 2280. The number of hydrogen-bond acceptors (Lipinski definition) is 11. The predicted octanol–water partition coefficient (Wildman–Crippen LogP) is 6.06. The van der Waals surface area contributed by atoms with Crippen molar-refractivity contribution in [3.8, 4) is 11.5 Å². The second-order valence-corrected chi connectivity index (χ2v) is 14.8. The predicted molar refractivity (Wildman–Crippen MR) is 197 cm³/mol. The number of carbonyl (C=O) groups excluding carboxylic acids is 4. The maximum absolute atomic E-state index is 14.6. The van der Waals surface area contributed by atoms with Gasteiger partial charge in [0.15, 0.2) is 17.2 Å². The molecule has 3 aromatic carbocycles. The number of halogens is 2. The van der Waals surface area contributed by atoms with Gasteiger partial charge in [-0.25, -0.2) is 14.2 Å². The number of carbonyl (C=O) groups is 4. The summed E-state index contributed by atoms with van der Waals surface area (Å²) in [5, 5.41) is 34.1. The number of anilines is 3. The molecule has 0 aromatic heterocycles. The van der Waals surface area contributed by atoms with Crippen LogP contribution in [0, 0.1) is 61.1 Å². The zero-order valence-electron chi connectivity index (χ0n) is 29.8. The third-order valence-electron chi connectivity index (χ3n) is 11.3. The second-order valence-electron chi connectivity index (χ2n) is 14.3. The highest BCUT2D eigenvalue weighted by molar-refractivity contribution is 6.32. The molecule has 55 heavy (non-hydrogen) atoms. The lowest BCUT2D eigenvalue weighted by Crippen LogP contribution is -2.49. The molecule has 2 heterocycles. The molecule has 4 aliphatic rings. The molecule has 1 saturated carbocycles. The molecule has 284 valence electrons. The van der Waals surface area contributed by atoms with Crippen molar-refractivity contribution < 1.29 is 43.3 Å². The second kappa shape index (κ2) is 13.3. The maximum atomic E-state index is 14.6.